The highest BCUT2D eigenvalue weighted by Crippen LogP contribution is 2.23. The summed E-state index contributed by atoms with van der Waals surface area (Å²) in [6, 6.07) is 12.0. The summed E-state index contributed by atoms with van der Waals surface area (Å²) in [6.45, 7) is 5.35. The van der Waals surface area contributed by atoms with Gasteiger partial charge in [-0.3, -0.25) is 9.52 Å². The van der Waals surface area contributed by atoms with Gasteiger partial charge in [-0.2, -0.15) is 0 Å². The summed E-state index contributed by atoms with van der Waals surface area (Å²) in [5, 5.41) is 2.67. The molecule has 0 aliphatic carbocycles. The molecular formula is C17H20N2O3S. The van der Waals surface area contributed by atoms with Gasteiger partial charge in [-0.05, 0) is 49.2 Å². The lowest BCUT2D eigenvalue weighted by atomic mass is 10.2. The predicted octanol–water partition coefficient (Wildman–Crippen LogP) is 3.45. The number of amides is 1. The molecule has 0 aromatic heterocycles. The van der Waals surface area contributed by atoms with E-state index in [1.807, 2.05) is 13.0 Å². The molecule has 2 N–H and O–H groups in total. The summed E-state index contributed by atoms with van der Waals surface area (Å²) in [5.74, 6) is -0.163. The van der Waals surface area contributed by atoms with E-state index in [0.29, 0.717) is 23.4 Å². The van der Waals surface area contributed by atoms with Gasteiger partial charge in [-0.25, -0.2) is 8.42 Å². The van der Waals surface area contributed by atoms with Crippen molar-refractivity contribution < 1.29 is 13.2 Å². The molecule has 0 atom stereocenters. The van der Waals surface area contributed by atoms with E-state index in [0.717, 1.165) is 5.56 Å². The molecular weight excluding hydrogens is 312 g/mol. The molecule has 23 heavy (non-hydrogen) atoms. The van der Waals surface area contributed by atoms with Gasteiger partial charge in [0.25, 0.3) is 10.0 Å². The van der Waals surface area contributed by atoms with Gasteiger partial charge in [0.15, 0.2) is 0 Å². The minimum absolute atomic E-state index is 0.146. The van der Waals surface area contributed by atoms with Crippen LogP contribution in [0.5, 0.6) is 0 Å². The molecule has 0 bridgehead atoms. The summed E-state index contributed by atoms with van der Waals surface area (Å²) in [5.41, 5.74) is 2.55. The van der Waals surface area contributed by atoms with Gasteiger partial charge in [-0.15, -0.1) is 0 Å². The molecule has 2 aromatic carbocycles. The molecule has 0 spiro atoms. The normalized spacial score (nSPS) is 11.1. The first-order valence-corrected chi connectivity index (χ1v) is 8.80. The summed E-state index contributed by atoms with van der Waals surface area (Å²) in [6.07, 6.45) is 0.331. The van der Waals surface area contributed by atoms with E-state index in [-0.39, 0.29) is 10.8 Å². The lowest BCUT2D eigenvalue weighted by Gasteiger charge is -2.13. The van der Waals surface area contributed by atoms with Crippen molar-refractivity contribution in [2.45, 2.75) is 32.1 Å². The molecule has 0 heterocycles. The Bertz CT molecular complexity index is 829. The number of carbonyl (C=O) groups is 1. The van der Waals surface area contributed by atoms with Crippen LogP contribution >= 0.6 is 0 Å². The molecule has 0 unspecified atom stereocenters. The topological polar surface area (TPSA) is 75.3 Å². The number of aryl methyl sites for hydroxylation is 2. The Hall–Kier alpha value is -2.34. The molecule has 122 valence electrons. The molecule has 2 rings (SSSR count). The van der Waals surface area contributed by atoms with Crippen molar-refractivity contribution in [3.8, 4) is 0 Å². The second kappa shape index (κ2) is 6.83. The van der Waals surface area contributed by atoms with E-state index in [2.05, 4.69) is 10.0 Å². The van der Waals surface area contributed by atoms with Crippen molar-refractivity contribution >= 4 is 27.3 Å². The van der Waals surface area contributed by atoms with Crippen LogP contribution < -0.4 is 10.0 Å². The minimum Gasteiger partial charge on any atom is -0.326 e. The van der Waals surface area contributed by atoms with Crippen LogP contribution in [0.3, 0.4) is 0 Å². The Balaban J connectivity index is 2.35. The zero-order chi connectivity index (χ0) is 17.0. The van der Waals surface area contributed by atoms with E-state index in [4.69, 9.17) is 0 Å². The van der Waals surface area contributed by atoms with Crippen LogP contribution in [0.4, 0.5) is 11.4 Å². The molecule has 2 aromatic rings. The third-order valence-corrected chi connectivity index (χ3v) is 4.88. The van der Waals surface area contributed by atoms with Crippen LogP contribution in [0.25, 0.3) is 0 Å². The highest BCUT2D eigenvalue weighted by molar-refractivity contribution is 7.92. The van der Waals surface area contributed by atoms with Crippen LogP contribution in [-0.4, -0.2) is 14.3 Å². The number of benzene rings is 2. The highest BCUT2D eigenvalue weighted by Gasteiger charge is 2.18. The third-order valence-electron chi connectivity index (χ3n) is 3.35. The Morgan fingerprint density at radius 2 is 1.78 bits per heavy atom. The molecule has 6 heteroatoms. The Morgan fingerprint density at radius 3 is 2.43 bits per heavy atom. The quantitative estimate of drug-likeness (QED) is 0.880. The lowest BCUT2D eigenvalue weighted by Crippen LogP contribution is -2.16. The fraction of sp³-hybridized carbons (Fsp3) is 0.235. The van der Waals surface area contributed by atoms with Crippen LogP contribution in [0.15, 0.2) is 47.4 Å². The van der Waals surface area contributed by atoms with Crippen molar-refractivity contribution in [2.75, 3.05) is 10.0 Å². The molecule has 1 amide bonds. The molecule has 0 radical (unpaired) electrons. The standard InChI is InChI=1S/C17H20N2O3S/c1-4-17(20)18-14-9-8-13(3)16(11-14)23(21,22)19-15-7-5-6-12(2)10-15/h5-11,19H,4H2,1-3H3,(H,18,20). The Morgan fingerprint density at radius 1 is 1.04 bits per heavy atom. The molecule has 0 saturated carbocycles. The number of hydrogen-bond acceptors (Lipinski definition) is 3. The second-order valence-electron chi connectivity index (χ2n) is 5.36. The zero-order valence-electron chi connectivity index (χ0n) is 13.4. The van der Waals surface area contributed by atoms with Gasteiger partial charge in [0.05, 0.1) is 4.90 Å². The van der Waals surface area contributed by atoms with Crippen molar-refractivity contribution in [2.24, 2.45) is 0 Å². The summed E-state index contributed by atoms with van der Waals surface area (Å²) >= 11 is 0. The van der Waals surface area contributed by atoms with Gasteiger partial charge in [0.1, 0.15) is 0 Å². The number of hydrogen-bond donors (Lipinski definition) is 2. The van der Waals surface area contributed by atoms with Crippen LogP contribution in [0.2, 0.25) is 0 Å². The number of nitrogens with one attached hydrogen (secondary N) is 2. The fourth-order valence-electron chi connectivity index (χ4n) is 2.14. The SMILES string of the molecule is CCC(=O)Nc1ccc(C)c(S(=O)(=O)Nc2cccc(C)c2)c1. The van der Waals surface area contributed by atoms with Gasteiger partial charge >= 0.3 is 0 Å². The van der Waals surface area contributed by atoms with Crippen molar-refractivity contribution in [3.05, 3.63) is 53.6 Å². The van der Waals surface area contributed by atoms with E-state index < -0.39 is 10.0 Å². The number of anilines is 2. The van der Waals surface area contributed by atoms with Gasteiger partial charge in [0, 0.05) is 17.8 Å². The van der Waals surface area contributed by atoms with Crippen LogP contribution in [0.1, 0.15) is 24.5 Å². The van der Waals surface area contributed by atoms with Crippen molar-refractivity contribution in [3.63, 3.8) is 0 Å². The summed E-state index contributed by atoms with van der Waals surface area (Å²) in [4.78, 5) is 11.6. The lowest BCUT2D eigenvalue weighted by molar-refractivity contribution is -0.115. The predicted molar refractivity (Wildman–Crippen MR) is 92.1 cm³/mol. The molecule has 0 aliphatic rings. The average Bonchev–Trinajstić information content (AvgIpc) is 2.48. The van der Waals surface area contributed by atoms with Gasteiger partial charge in [-0.1, -0.05) is 25.1 Å². The molecule has 0 fully saturated rings. The summed E-state index contributed by atoms with van der Waals surface area (Å²) in [7, 11) is -3.73. The van der Waals surface area contributed by atoms with E-state index in [1.54, 1.807) is 44.2 Å². The maximum Gasteiger partial charge on any atom is 0.262 e. The van der Waals surface area contributed by atoms with E-state index in [9.17, 15) is 13.2 Å². The highest BCUT2D eigenvalue weighted by atomic mass is 32.2. The fourth-order valence-corrected chi connectivity index (χ4v) is 3.46. The van der Waals surface area contributed by atoms with Crippen LogP contribution in [-0.2, 0) is 14.8 Å². The zero-order valence-corrected chi connectivity index (χ0v) is 14.2. The van der Waals surface area contributed by atoms with Gasteiger partial charge in [0.2, 0.25) is 5.91 Å². The van der Waals surface area contributed by atoms with Crippen LogP contribution in [0, 0.1) is 13.8 Å². The maximum atomic E-state index is 12.6. The third kappa shape index (κ3) is 4.32. The first-order valence-electron chi connectivity index (χ1n) is 7.32. The van der Waals surface area contributed by atoms with E-state index >= 15 is 0 Å². The first kappa shape index (κ1) is 17.0. The molecule has 0 aliphatic heterocycles. The monoisotopic (exact) mass is 332 g/mol. The largest absolute Gasteiger partial charge is 0.326 e. The second-order valence-corrected chi connectivity index (χ2v) is 7.01. The van der Waals surface area contributed by atoms with E-state index in [1.165, 1.54) is 6.07 Å². The number of sulfonamides is 1. The Kier molecular flexibility index (Phi) is 5.05. The number of carbonyl (C=O) groups excluding carboxylic acids is 1. The van der Waals surface area contributed by atoms with Crippen molar-refractivity contribution in [1.29, 1.82) is 0 Å². The smallest absolute Gasteiger partial charge is 0.262 e. The minimum atomic E-state index is -3.73. The van der Waals surface area contributed by atoms with Crippen molar-refractivity contribution in [1.82, 2.24) is 0 Å². The average molecular weight is 332 g/mol. The molecule has 5 nitrogen and oxygen atoms in total. The molecule has 0 saturated heterocycles. The maximum absolute atomic E-state index is 12.6. The summed E-state index contributed by atoms with van der Waals surface area (Å²) < 4.78 is 27.8. The van der Waals surface area contributed by atoms with Gasteiger partial charge < -0.3 is 5.32 Å². The Labute approximate surface area is 136 Å². The first-order chi connectivity index (χ1) is 10.8. The number of rotatable bonds is 5.